The molecule has 0 N–H and O–H groups in total. The second kappa shape index (κ2) is 24.5. The molecule has 6 heterocycles. The zero-order valence-corrected chi connectivity index (χ0v) is 58.0. The molecule has 0 bridgehead atoms. The van der Waals surface area contributed by atoms with Gasteiger partial charge in [0.15, 0.2) is 23.3 Å². The summed E-state index contributed by atoms with van der Waals surface area (Å²) < 4.78 is 18.3. The van der Waals surface area contributed by atoms with Crippen LogP contribution in [0.15, 0.2) is 367 Å². The summed E-state index contributed by atoms with van der Waals surface area (Å²) in [7, 11) is 0. The number of furan rings is 2. The number of hydrogen-bond acceptors (Lipinski definition) is 7. The van der Waals surface area contributed by atoms with Crippen LogP contribution in [0.3, 0.4) is 0 Å². The zero-order chi connectivity index (χ0) is 70.9. The Hall–Kier alpha value is -14.7. The lowest BCUT2D eigenvalue weighted by Crippen LogP contribution is -2.00. The van der Waals surface area contributed by atoms with E-state index in [1.165, 1.54) is 37.8 Å². The van der Waals surface area contributed by atoms with E-state index in [2.05, 4.69) is 288 Å². The van der Waals surface area contributed by atoms with Crippen LogP contribution in [0.5, 0.6) is 0 Å². The number of fused-ring (bicyclic) bond motifs is 15. The molecule has 0 saturated heterocycles. The Balaban J connectivity index is 0.648. The van der Waals surface area contributed by atoms with E-state index in [4.69, 9.17) is 33.8 Å². The fourth-order valence-electron chi connectivity index (χ4n) is 16.5. The molecule has 502 valence electrons. The molecule has 9 nitrogen and oxygen atoms in total. The van der Waals surface area contributed by atoms with E-state index in [0.717, 1.165) is 161 Å². The van der Waals surface area contributed by atoms with E-state index in [1.807, 2.05) is 78.9 Å². The maximum atomic E-state index is 6.74. The van der Waals surface area contributed by atoms with Gasteiger partial charge < -0.3 is 18.0 Å². The second-order valence-corrected chi connectivity index (χ2v) is 27.8. The first kappa shape index (κ1) is 60.9. The Kier molecular flexibility index (Phi) is 13.8. The van der Waals surface area contributed by atoms with Gasteiger partial charge in [0.05, 0.1) is 39.1 Å². The van der Waals surface area contributed by atoms with Crippen molar-refractivity contribution in [3.8, 4) is 113 Å². The monoisotopic (exact) mass is 1380 g/mol. The first-order valence-electron chi connectivity index (χ1n) is 36.4. The van der Waals surface area contributed by atoms with Gasteiger partial charge in [-0.2, -0.15) is 0 Å². The zero-order valence-electron chi connectivity index (χ0n) is 58.0. The van der Waals surface area contributed by atoms with Gasteiger partial charge in [0.25, 0.3) is 0 Å². The van der Waals surface area contributed by atoms with E-state index >= 15 is 0 Å². The fourth-order valence-corrected chi connectivity index (χ4v) is 16.5. The van der Waals surface area contributed by atoms with Crippen molar-refractivity contribution < 1.29 is 8.83 Å². The highest BCUT2D eigenvalue weighted by atomic mass is 16.3. The third-order valence-electron chi connectivity index (χ3n) is 21.6. The predicted octanol–water partition coefficient (Wildman–Crippen LogP) is 26.0. The largest absolute Gasteiger partial charge is 0.456 e. The summed E-state index contributed by atoms with van der Waals surface area (Å²) in [6, 6.07) is 127. The minimum Gasteiger partial charge on any atom is -0.456 e. The van der Waals surface area contributed by atoms with Crippen LogP contribution < -0.4 is 0 Å². The predicted molar refractivity (Wildman–Crippen MR) is 443 cm³/mol. The van der Waals surface area contributed by atoms with Crippen LogP contribution in [0.1, 0.15) is 0 Å². The van der Waals surface area contributed by atoms with Gasteiger partial charge in [0.1, 0.15) is 22.3 Å². The average Bonchev–Trinajstić information content (AvgIpc) is 1.58. The third-order valence-corrected chi connectivity index (χ3v) is 21.6. The lowest BCUT2D eigenvalue weighted by Gasteiger charge is -2.12. The minimum atomic E-state index is 0.572. The van der Waals surface area contributed by atoms with Crippen LogP contribution in [0, 0.1) is 0 Å². The smallest absolute Gasteiger partial charge is 0.164 e. The summed E-state index contributed by atoms with van der Waals surface area (Å²) in [5.74, 6) is 2.40. The Labute approximate surface area is 618 Å². The van der Waals surface area contributed by atoms with Gasteiger partial charge in [0, 0.05) is 92.9 Å². The molecule has 22 aromatic rings. The summed E-state index contributed by atoms with van der Waals surface area (Å²) >= 11 is 0. The molecule has 0 fully saturated rings. The molecule has 108 heavy (non-hydrogen) atoms. The number of hydrogen-bond donors (Lipinski definition) is 0. The first-order chi connectivity index (χ1) is 53.5. The van der Waals surface area contributed by atoms with Gasteiger partial charge in [-0.25, -0.2) is 24.9 Å². The van der Waals surface area contributed by atoms with E-state index in [9.17, 15) is 0 Å². The van der Waals surface area contributed by atoms with Crippen LogP contribution >= 0.6 is 0 Å². The molecule has 0 aliphatic carbocycles. The molecular weight excluding hydrogens is 1320 g/mol. The molecule has 0 amide bonds. The number of nitrogens with zero attached hydrogens (tertiary/aromatic N) is 7. The highest BCUT2D eigenvalue weighted by Gasteiger charge is 2.24. The van der Waals surface area contributed by atoms with Crippen molar-refractivity contribution in [2.75, 3.05) is 0 Å². The summed E-state index contributed by atoms with van der Waals surface area (Å²) in [6.07, 6.45) is 0. The lowest BCUT2D eigenvalue weighted by molar-refractivity contribution is 0.668. The molecule has 0 radical (unpaired) electrons. The van der Waals surface area contributed by atoms with E-state index < -0.39 is 0 Å². The van der Waals surface area contributed by atoms with Crippen molar-refractivity contribution in [2.45, 2.75) is 0 Å². The van der Waals surface area contributed by atoms with Crippen molar-refractivity contribution >= 4 is 109 Å². The molecule has 6 aromatic heterocycles. The Morgan fingerprint density at radius 1 is 0.213 bits per heavy atom. The SMILES string of the molecule is c1ccc(-c2cc(-c3cccc4oc5ccc(-c6ccc7c(c6)c6ccc8ccccc8c6n7-c6ccccc6)cc5c34)nc(-c3ccc(-c4ccc5c(c4)c4cc(-c6ccc7oc8cccc(-c9nc(-c%10ccccc%10)nc(-c%10ccccc%10)n9)c8c7c6)ccc4n5-c4cccc5ccccc45)cc3)n2)cc1. The Morgan fingerprint density at radius 2 is 0.630 bits per heavy atom. The maximum Gasteiger partial charge on any atom is 0.164 e. The maximum absolute atomic E-state index is 6.74. The fraction of sp³-hybridized carbons (Fsp3) is 0. The standard InChI is InChI=1S/C99H59N7O2/c1-5-22-63(23-6-1)83-59-84(76-33-18-36-91-93(76)81-57-70(46-52-89(81)107-91)68-44-49-86-78(55-68)75-48-42-62-21-14-16-32-74(62)95(75)105(86)72-29-11-4-12-30-72)101-96(100-83)66-40-38-60(39-41-66)67-43-50-87-79(54-67)80-56-69(45-51-88(80)106(87)85-35-17-28-61-20-13-15-31-73(61)85)71-47-53-90-82(58-71)94-77(34-19-37-92(94)108-90)99-103-97(64-24-7-2-8-25-64)102-98(104-99)65-26-9-3-10-27-65/h1-59H. The molecule has 0 unspecified atom stereocenters. The molecule has 0 atom stereocenters. The molecule has 0 aliphatic heterocycles. The quantitative estimate of drug-likeness (QED) is 0.127. The van der Waals surface area contributed by atoms with E-state index in [0.29, 0.717) is 23.3 Å². The summed E-state index contributed by atoms with van der Waals surface area (Å²) in [6.45, 7) is 0. The molecule has 0 saturated carbocycles. The summed E-state index contributed by atoms with van der Waals surface area (Å²) in [5.41, 5.74) is 23.6. The van der Waals surface area contributed by atoms with Crippen LogP contribution in [-0.4, -0.2) is 34.1 Å². The van der Waals surface area contributed by atoms with E-state index in [1.54, 1.807) is 0 Å². The van der Waals surface area contributed by atoms with Gasteiger partial charge in [-0.05, 0) is 141 Å². The normalized spacial score (nSPS) is 11.9. The van der Waals surface area contributed by atoms with Crippen LogP contribution in [-0.2, 0) is 0 Å². The van der Waals surface area contributed by atoms with Crippen molar-refractivity contribution in [1.82, 2.24) is 34.1 Å². The van der Waals surface area contributed by atoms with Crippen molar-refractivity contribution in [1.29, 1.82) is 0 Å². The Bertz CT molecular complexity index is 7340. The molecule has 0 aliphatic rings. The number of aromatic nitrogens is 7. The van der Waals surface area contributed by atoms with Gasteiger partial charge in [-0.3, -0.25) is 0 Å². The first-order valence-corrected chi connectivity index (χ1v) is 36.4. The third kappa shape index (κ3) is 9.97. The van der Waals surface area contributed by atoms with Gasteiger partial charge >= 0.3 is 0 Å². The molecule has 9 heteroatoms. The van der Waals surface area contributed by atoms with Gasteiger partial charge in [-0.1, -0.05) is 261 Å². The number of para-hydroxylation sites is 1. The van der Waals surface area contributed by atoms with Crippen LogP contribution in [0.25, 0.3) is 222 Å². The van der Waals surface area contributed by atoms with Crippen molar-refractivity contribution in [3.63, 3.8) is 0 Å². The molecule has 16 aromatic carbocycles. The lowest BCUT2D eigenvalue weighted by atomic mass is 9.97. The average molecular weight is 1380 g/mol. The summed E-state index contributed by atoms with van der Waals surface area (Å²) in [5, 5.41) is 13.4. The summed E-state index contributed by atoms with van der Waals surface area (Å²) in [4.78, 5) is 26.2. The van der Waals surface area contributed by atoms with Crippen LogP contribution in [0.4, 0.5) is 0 Å². The van der Waals surface area contributed by atoms with Crippen molar-refractivity contribution in [3.05, 3.63) is 358 Å². The number of benzene rings is 16. The molecule has 0 spiro atoms. The topological polar surface area (TPSA) is 101 Å². The van der Waals surface area contributed by atoms with E-state index in [-0.39, 0.29) is 0 Å². The number of rotatable bonds is 11. The Morgan fingerprint density at radius 3 is 1.24 bits per heavy atom. The second-order valence-electron chi connectivity index (χ2n) is 27.8. The highest BCUT2D eigenvalue weighted by Crippen LogP contribution is 2.46. The molecule has 22 rings (SSSR count). The van der Waals surface area contributed by atoms with Gasteiger partial charge in [-0.15, -0.1) is 0 Å². The van der Waals surface area contributed by atoms with Gasteiger partial charge in [0.2, 0.25) is 0 Å². The minimum absolute atomic E-state index is 0.572. The van der Waals surface area contributed by atoms with Crippen LogP contribution in [0.2, 0.25) is 0 Å². The van der Waals surface area contributed by atoms with Crippen molar-refractivity contribution in [2.24, 2.45) is 0 Å². The molecular formula is C99H59N7O2. The highest BCUT2D eigenvalue weighted by molar-refractivity contribution is 6.20.